The van der Waals surface area contributed by atoms with Gasteiger partial charge in [-0.1, -0.05) is 61.2 Å². The molecule has 4 rings (SSSR count). The van der Waals surface area contributed by atoms with Gasteiger partial charge < -0.3 is 5.32 Å². The second kappa shape index (κ2) is 11.0. The smallest absolute Gasteiger partial charge is 0.269 e. The van der Waals surface area contributed by atoms with Gasteiger partial charge in [0.25, 0.3) is 17.2 Å². The van der Waals surface area contributed by atoms with Crippen LogP contribution in [-0.2, 0) is 12.3 Å². The highest BCUT2D eigenvalue weighted by molar-refractivity contribution is 7.98. The molecule has 0 unspecified atom stereocenters. The van der Waals surface area contributed by atoms with Gasteiger partial charge in [0, 0.05) is 30.0 Å². The first-order valence-corrected chi connectivity index (χ1v) is 12.2. The van der Waals surface area contributed by atoms with Crippen molar-refractivity contribution in [2.45, 2.75) is 30.8 Å². The van der Waals surface area contributed by atoms with E-state index in [4.69, 9.17) is 4.98 Å². The quantitative estimate of drug-likeness (QED) is 0.157. The summed E-state index contributed by atoms with van der Waals surface area (Å²) in [5.74, 6) is 0.181. The van der Waals surface area contributed by atoms with E-state index in [1.807, 2.05) is 37.3 Å². The van der Waals surface area contributed by atoms with Crippen LogP contribution in [0, 0.1) is 10.1 Å². The minimum atomic E-state index is -0.432. The van der Waals surface area contributed by atoms with Crippen LogP contribution >= 0.6 is 11.8 Å². The lowest BCUT2D eigenvalue weighted by molar-refractivity contribution is -0.384. The zero-order valence-corrected chi connectivity index (χ0v) is 20.0. The van der Waals surface area contributed by atoms with Gasteiger partial charge in [0.05, 0.1) is 22.4 Å². The molecule has 0 aliphatic rings. The minimum Gasteiger partial charge on any atom is -0.352 e. The molecular weight excluding hydrogens is 464 g/mol. The number of aromatic nitrogens is 2. The van der Waals surface area contributed by atoms with Gasteiger partial charge in [-0.3, -0.25) is 24.3 Å². The first-order valence-electron chi connectivity index (χ1n) is 11.2. The Labute approximate surface area is 206 Å². The Kier molecular flexibility index (Phi) is 7.57. The summed E-state index contributed by atoms with van der Waals surface area (Å²) in [5.41, 5.74) is 2.37. The van der Waals surface area contributed by atoms with Crippen molar-refractivity contribution in [3.05, 3.63) is 110 Å². The fraction of sp³-hybridized carbons (Fsp3) is 0.192. The van der Waals surface area contributed by atoms with Gasteiger partial charge in [-0.05, 0) is 35.7 Å². The maximum atomic E-state index is 13.5. The molecule has 3 aromatic carbocycles. The molecule has 0 fully saturated rings. The molecular formula is C26H24N4O4S. The van der Waals surface area contributed by atoms with E-state index in [0.717, 1.165) is 17.5 Å². The normalized spacial score (nSPS) is 10.9. The fourth-order valence-electron chi connectivity index (χ4n) is 3.61. The van der Waals surface area contributed by atoms with Crippen LogP contribution in [-0.4, -0.2) is 26.9 Å². The molecule has 1 amide bonds. The van der Waals surface area contributed by atoms with Gasteiger partial charge in [0.1, 0.15) is 0 Å². The van der Waals surface area contributed by atoms with Crippen molar-refractivity contribution in [3.63, 3.8) is 0 Å². The number of nitrogens with one attached hydrogen (secondary N) is 1. The molecule has 4 aromatic rings. The van der Waals surface area contributed by atoms with E-state index in [9.17, 15) is 19.7 Å². The molecule has 0 atom stereocenters. The van der Waals surface area contributed by atoms with Crippen molar-refractivity contribution in [2.75, 3.05) is 6.54 Å². The first-order chi connectivity index (χ1) is 17.0. The zero-order chi connectivity index (χ0) is 24.8. The van der Waals surface area contributed by atoms with Crippen molar-refractivity contribution < 1.29 is 9.72 Å². The summed E-state index contributed by atoms with van der Waals surface area (Å²) in [6.45, 7) is 2.87. The third-order valence-corrected chi connectivity index (χ3v) is 6.44. The number of nitrogens with zero attached hydrogens (tertiary/aromatic N) is 3. The maximum Gasteiger partial charge on any atom is 0.269 e. The lowest BCUT2D eigenvalue weighted by Gasteiger charge is -2.14. The molecule has 1 N–H and O–H groups in total. The van der Waals surface area contributed by atoms with Crippen molar-refractivity contribution in [3.8, 4) is 0 Å². The van der Waals surface area contributed by atoms with Crippen LogP contribution in [0.5, 0.6) is 0 Å². The number of rotatable bonds is 9. The third-order valence-electron chi connectivity index (χ3n) is 5.39. The van der Waals surface area contributed by atoms with Crippen molar-refractivity contribution in [1.29, 1.82) is 0 Å². The number of amides is 1. The predicted molar refractivity (Wildman–Crippen MR) is 137 cm³/mol. The predicted octanol–water partition coefficient (Wildman–Crippen LogP) is 4.79. The molecule has 0 aliphatic heterocycles. The third kappa shape index (κ3) is 5.75. The van der Waals surface area contributed by atoms with Crippen LogP contribution in [0.1, 0.15) is 34.8 Å². The van der Waals surface area contributed by atoms with E-state index >= 15 is 0 Å². The van der Waals surface area contributed by atoms with Crippen molar-refractivity contribution in [1.82, 2.24) is 14.9 Å². The number of hydrogen-bond donors (Lipinski definition) is 1. The number of hydrogen-bond acceptors (Lipinski definition) is 6. The van der Waals surface area contributed by atoms with Gasteiger partial charge in [0.15, 0.2) is 5.16 Å². The number of benzene rings is 3. The summed E-state index contributed by atoms with van der Waals surface area (Å²) in [4.78, 5) is 41.4. The molecule has 1 heterocycles. The molecule has 0 saturated heterocycles. The van der Waals surface area contributed by atoms with Crippen molar-refractivity contribution >= 4 is 34.3 Å². The number of thioether (sulfide) groups is 1. The molecule has 35 heavy (non-hydrogen) atoms. The molecule has 0 bridgehead atoms. The van der Waals surface area contributed by atoms with Crippen LogP contribution in [0.2, 0.25) is 0 Å². The molecule has 1 aromatic heterocycles. The van der Waals surface area contributed by atoms with Crippen molar-refractivity contribution in [2.24, 2.45) is 0 Å². The van der Waals surface area contributed by atoms with E-state index in [2.05, 4.69) is 5.32 Å². The van der Waals surface area contributed by atoms with E-state index in [1.54, 1.807) is 34.9 Å². The second-order valence-electron chi connectivity index (χ2n) is 7.97. The number of carbonyl (C=O) groups excluding carboxylic acids is 1. The van der Waals surface area contributed by atoms with E-state index in [1.165, 1.54) is 23.9 Å². The average Bonchev–Trinajstić information content (AvgIpc) is 2.88. The Balaban J connectivity index is 1.74. The number of non-ortho nitro benzene ring substituents is 1. The van der Waals surface area contributed by atoms with Crippen LogP contribution in [0.3, 0.4) is 0 Å². The highest BCUT2D eigenvalue weighted by atomic mass is 32.2. The first kappa shape index (κ1) is 24.2. The van der Waals surface area contributed by atoms with E-state index in [0.29, 0.717) is 40.5 Å². The largest absolute Gasteiger partial charge is 0.352 e. The summed E-state index contributed by atoms with van der Waals surface area (Å²) in [7, 11) is 0. The average molecular weight is 489 g/mol. The van der Waals surface area contributed by atoms with Gasteiger partial charge in [0.2, 0.25) is 0 Å². The molecule has 0 spiro atoms. The molecule has 178 valence electrons. The van der Waals surface area contributed by atoms with Gasteiger partial charge >= 0.3 is 0 Å². The van der Waals surface area contributed by atoms with Crippen LogP contribution in [0.25, 0.3) is 10.9 Å². The monoisotopic (exact) mass is 488 g/mol. The maximum absolute atomic E-state index is 13.5. The van der Waals surface area contributed by atoms with E-state index < -0.39 is 4.92 Å². The lowest BCUT2D eigenvalue weighted by atomic mass is 10.1. The summed E-state index contributed by atoms with van der Waals surface area (Å²) in [5, 5.41) is 14.9. The number of nitro groups is 1. The summed E-state index contributed by atoms with van der Waals surface area (Å²) in [6, 6.07) is 20.9. The van der Waals surface area contributed by atoms with Gasteiger partial charge in [-0.2, -0.15) is 0 Å². The molecule has 8 nitrogen and oxygen atoms in total. The molecule has 0 aliphatic carbocycles. The summed E-state index contributed by atoms with van der Waals surface area (Å²) < 4.78 is 1.61. The fourth-order valence-corrected chi connectivity index (χ4v) is 4.55. The molecule has 0 radical (unpaired) electrons. The lowest BCUT2D eigenvalue weighted by Crippen LogP contribution is -2.26. The second-order valence-corrected chi connectivity index (χ2v) is 8.92. The van der Waals surface area contributed by atoms with Gasteiger partial charge in [-0.15, -0.1) is 0 Å². The van der Waals surface area contributed by atoms with Crippen LogP contribution in [0.15, 0.2) is 82.7 Å². The summed E-state index contributed by atoms with van der Waals surface area (Å²) >= 11 is 1.33. The Morgan fingerprint density at radius 2 is 1.83 bits per heavy atom. The topological polar surface area (TPSA) is 107 Å². The highest BCUT2D eigenvalue weighted by Gasteiger charge is 2.15. The number of carbonyl (C=O) groups is 1. The summed E-state index contributed by atoms with van der Waals surface area (Å²) in [6.07, 6.45) is 0.820. The SMILES string of the molecule is CCCNC(=O)c1ccc2c(=O)n(Cc3ccccc3)c(SCc3cccc([N+](=O)[O-])c3)nc2c1. The molecule has 0 saturated carbocycles. The number of nitro benzene ring substituents is 1. The number of fused-ring (bicyclic) bond motifs is 1. The Morgan fingerprint density at radius 3 is 2.57 bits per heavy atom. The van der Waals surface area contributed by atoms with Crippen LogP contribution < -0.4 is 10.9 Å². The Hall–Kier alpha value is -3.98. The van der Waals surface area contributed by atoms with Gasteiger partial charge in [-0.25, -0.2) is 4.98 Å². The zero-order valence-electron chi connectivity index (χ0n) is 19.1. The minimum absolute atomic E-state index is 0.0129. The Bertz CT molecular complexity index is 1440. The Morgan fingerprint density at radius 1 is 1.06 bits per heavy atom. The highest BCUT2D eigenvalue weighted by Crippen LogP contribution is 2.25. The van der Waals surface area contributed by atoms with E-state index in [-0.39, 0.29) is 17.2 Å². The van der Waals surface area contributed by atoms with Crippen LogP contribution in [0.4, 0.5) is 5.69 Å². The molecule has 9 heteroatoms. The standard InChI is InChI=1S/C26H24N4O4S/c1-2-13-27-24(31)20-11-12-22-23(15-20)28-26(29(25(22)32)16-18-7-4-3-5-8-18)35-17-19-9-6-10-21(14-19)30(33)34/h3-12,14-15H,2,13,16-17H2,1H3,(H,27,31).